The molecule has 1 atom stereocenters. The van der Waals surface area contributed by atoms with E-state index in [4.69, 9.17) is 4.74 Å². The summed E-state index contributed by atoms with van der Waals surface area (Å²) in [5, 5.41) is 5.29. The maximum absolute atomic E-state index is 12.2. The van der Waals surface area contributed by atoms with Crippen molar-refractivity contribution in [3.63, 3.8) is 0 Å². The number of benzene rings is 2. The Balaban J connectivity index is 1.63. The molecule has 1 N–H and O–H groups in total. The third kappa shape index (κ3) is 3.96. The molecule has 0 aliphatic rings. The van der Waals surface area contributed by atoms with E-state index in [2.05, 4.69) is 10.3 Å². The number of thiazole rings is 1. The fourth-order valence-electron chi connectivity index (χ4n) is 2.04. The molecular weight excluding hydrogens is 308 g/mol. The minimum atomic E-state index is -0.596. The number of para-hydroxylation sites is 1. The summed E-state index contributed by atoms with van der Waals surface area (Å²) in [5.74, 6) is 0.446. The first kappa shape index (κ1) is 15.2. The second-order valence-corrected chi connectivity index (χ2v) is 5.82. The Morgan fingerprint density at radius 1 is 1.09 bits per heavy atom. The summed E-state index contributed by atoms with van der Waals surface area (Å²) in [6.45, 7) is 1.72. The van der Waals surface area contributed by atoms with E-state index >= 15 is 0 Å². The van der Waals surface area contributed by atoms with Crippen LogP contribution >= 0.6 is 11.3 Å². The van der Waals surface area contributed by atoms with Crippen LogP contribution in [0.4, 0.5) is 5.13 Å². The first-order chi connectivity index (χ1) is 11.2. The van der Waals surface area contributed by atoms with Crippen molar-refractivity contribution in [2.45, 2.75) is 13.0 Å². The van der Waals surface area contributed by atoms with Crippen molar-refractivity contribution in [1.82, 2.24) is 4.98 Å². The largest absolute Gasteiger partial charge is 0.481 e. The maximum atomic E-state index is 12.2. The molecule has 0 bridgehead atoms. The smallest absolute Gasteiger partial charge is 0.266 e. The number of rotatable bonds is 5. The Hall–Kier alpha value is -2.66. The van der Waals surface area contributed by atoms with Gasteiger partial charge in [-0.15, -0.1) is 11.3 Å². The van der Waals surface area contributed by atoms with E-state index < -0.39 is 6.10 Å². The highest BCUT2D eigenvalue weighted by molar-refractivity contribution is 7.14. The van der Waals surface area contributed by atoms with E-state index in [1.807, 2.05) is 66.0 Å². The minimum absolute atomic E-state index is 0.220. The second-order valence-electron chi connectivity index (χ2n) is 4.97. The Kier molecular flexibility index (Phi) is 4.68. The van der Waals surface area contributed by atoms with E-state index in [1.165, 1.54) is 11.3 Å². The van der Waals surface area contributed by atoms with Crippen molar-refractivity contribution in [3.05, 3.63) is 66.0 Å². The van der Waals surface area contributed by atoms with E-state index in [0.29, 0.717) is 10.9 Å². The number of aromatic nitrogens is 1. The SMILES string of the molecule is C[C@@H](Oc1ccccc1)C(=O)Nc1nc(-c2ccccc2)cs1. The van der Waals surface area contributed by atoms with Gasteiger partial charge >= 0.3 is 0 Å². The van der Waals surface area contributed by atoms with Gasteiger partial charge in [0.05, 0.1) is 5.69 Å². The molecule has 3 rings (SSSR count). The molecule has 116 valence electrons. The van der Waals surface area contributed by atoms with Crippen LogP contribution in [-0.2, 0) is 4.79 Å². The number of ether oxygens (including phenoxy) is 1. The van der Waals surface area contributed by atoms with Gasteiger partial charge in [0.15, 0.2) is 11.2 Å². The number of carbonyl (C=O) groups excluding carboxylic acids is 1. The molecule has 1 amide bonds. The molecule has 0 unspecified atom stereocenters. The normalized spacial score (nSPS) is 11.7. The summed E-state index contributed by atoms with van der Waals surface area (Å²) in [7, 11) is 0. The topological polar surface area (TPSA) is 51.2 Å². The van der Waals surface area contributed by atoms with Crippen LogP contribution < -0.4 is 10.1 Å². The van der Waals surface area contributed by atoms with Crippen molar-refractivity contribution < 1.29 is 9.53 Å². The predicted molar refractivity (Wildman–Crippen MR) is 92.7 cm³/mol. The molecule has 0 spiro atoms. The van der Waals surface area contributed by atoms with E-state index in [9.17, 15) is 4.79 Å². The van der Waals surface area contributed by atoms with Crippen molar-refractivity contribution in [1.29, 1.82) is 0 Å². The van der Waals surface area contributed by atoms with Gasteiger partial charge in [-0.2, -0.15) is 0 Å². The number of hydrogen-bond acceptors (Lipinski definition) is 4. The number of nitrogens with zero attached hydrogens (tertiary/aromatic N) is 1. The van der Waals surface area contributed by atoms with Gasteiger partial charge < -0.3 is 4.74 Å². The molecule has 0 radical (unpaired) electrons. The lowest BCUT2D eigenvalue weighted by Crippen LogP contribution is -2.30. The minimum Gasteiger partial charge on any atom is -0.481 e. The van der Waals surface area contributed by atoms with Gasteiger partial charge in [0, 0.05) is 10.9 Å². The number of anilines is 1. The zero-order valence-corrected chi connectivity index (χ0v) is 13.4. The third-order valence-electron chi connectivity index (χ3n) is 3.23. The lowest BCUT2D eigenvalue weighted by molar-refractivity contribution is -0.122. The summed E-state index contributed by atoms with van der Waals surface area (Å²) < 4.78 is 5.60. The molecule has 0 saturated heterocycles. The summed E-state index contributed by atoms with van der Waals surface area (Å²) in [6, 6.07) is 19.1. The highest BCUT2D eigenvalue weighted by atomic mass is 32.1. The third-order valence-corrected chi connectivity index (χ3v) is 3.99. The molecule has 4 nitrogen and oxygen atoms in total. The average Bonchev–Trinajstić information content (AvgIpc) is 3.05. The molecule has 5 heteroatoms. The first-order valence-corrected chi connectivity index (χ1v) is 8.14. The summed E-state index contributed by atoms with van der Waals surface area (Å²) in [5.41, 5.74) is 1.88. The molecule has 0 fully saturated rings. The van der Waals surface area contributed by atoms with E-state index in [0.717, 1.165) is 11.3 Å². The number of carbonyl (C=O) groups is 1. The number of amides is 1. The van der Waals surface area contributed by atoms with Gasteiger partial charge in [-0.25, -0.2) is 4.98 Å². The van der Waals surface area contributed by atoms with Crippen LogP contribution in [0.5, 0.6) is 5.75 Å². The Bertz CT molecular complexity index is 772. The Morgan fingerprint density at radius 3 is 2.43 bits per heavy atom. The molecule has 23 heavy (non-hydrogen) atoms. The average molecular weight is 324 g/mol. The predicted octanol–water partition coefficient (Wildman–Crippen LogP) is 4.22. The van der Waals surface area contributed by atoms with Crippen molar-refractivity contribution >= 4 is 22.4 Å². The fourth-order valence-corrected chi connectivity index (χ4v) is 2.76. The lowest BCUT2D eigenvalue weighted by atomic mass is 10.2. The van der Waals surface area contributed by atoms with Crippen LogP contribution in [0.25, 0.3) is 11.3 Å². The van der Waals surface area contributed by atoms with Crippen LogP contribution in [0.2, 0.25) is 0 Å². The van der Waals surface area contributed by atoms with Crippen molar-refractivity contribution in [2.24, 2.45) is 0 Å². The summed E-state index contributed by atoms with van der Waals surface area (Å²) in [6.07, 6.45) is -0.596. The fraction of sp³-hybridized carbons (Fsp3) is 0.111. The van der Waals surface area contributed by atoms with Gasteiger partial charge in [-0.05, 0) is 19.1 Å². The van der Waals surface area contributed by atoms with Crippen molar-refractivity contribution in [3.8, 4) is 17.0 Å². The quantitative estimate of drug-likeness (QED) is 0.764. The maximum Gasteiger partial charge on any atom is 0.266 e. The Morgan fingerprint density at radius 2 is 1.74 bits per heavy atom. The van der Waals surface area contributed by atoms with Gasteiger partial charge in [-0.1, -0.05) is 48.5 Å². The van der Waals surface area contributed by atoms with Crippen LogP contribution in [0, 0.1) is 0 Å². The van der Waals surface area contributed by atoms with Crippen molar-refractivity contribution in [2.75, 3.05) is 5.32 Å². The molecule has 3 aromatic rings. The van der Waals surface area contributed by atoms with Crippen LogP contribution in [0.3, 0.4) is 0 Å². The summed E-state index contributed by atoms with van der Waals surface area (Å²) >= 11 is 1.40. The Labute approximate surface area is 138 Å². The lowest BCUT2D eigenvalue weighted by Gasteiger charge is -2.13. The zero-order valence-electron chi connectivity index (χ0n) is 12.6. The monoisotopic (exact) mass is 324 g/mol. The van der Waals surface area contributed by atoms with Gasteiger partial charge in [0.1, 0.15) is 5.75 Å². The molecule has 0 aliphatic carbocycles. The van der Waals surface area contributed by atoms with Gasteiger partial charge in [0.25, 0.3) is 5.91 Å². The van der Waals surface area contributed by atoms with Gasteiger partial charge in [0.2, 0.25) is 0 Å². The molecule has 1 heterocycles. The summed E-state index contributed by atoms with van der Waals surface area (Å²) in [4.78, 5) is 16.6. The van der Waals surface area contributed by atoms with E-state index in [-0.39, 0.29) is 5.91 Å². The standard InChI is InChI=1S/C18H16N2O2S/c1-13(22-15-10-6-3-7-11-15)17(21)20-18-19-16(12-23-18)14-8-4-2-5-9-14/h2-13H,1H3,(H,19,20,21)/t13-/m1/s1. The molecule has 0 saturated carbocycles. The van der Waals surface area contributed by atoms with Gasteiger partial charge in [-0.3, -0.25) is 10.1 Å². The highest BCUT2D eigenvalue weighted by Crippen LogP contribution is 2.24. The van der Waals surface area contributed by atoms with E-state index in [1.54, 1.807) is 6.92 Å². The molecule has 1 aromatic heterocycles. The zero-order chi connectivity index (χ0) is 16.1. The van der Waals surface area contributed by atoms with Crippen LogP contribution in [-0.4, -0.2) is 17.0 Å². The molecular formula is C18H16N2O2S. The molecule has 2 aromatic carbocycles. The van der Waals surface area contributed by atoms with Crippen LogP contribution in [0.1, 0.15) is 6.92 Å². The number of nitrogens with one attached hydrogen (secondary N) is 1. The number of hydrogen-bond donors (Lipinski definition) is 1. The first-order valence-electron chi connectivity index (χ1n) is 7.26. The second kappa shape index (κ2) is 7.07. The van der Waals surface area contributed by atoms with Crippen LogP contribution in [0.15, 0.2) is 66.0 Å². The highest BCUT2D eigenvalue weighted by Gasteiger charge is 2.16. The molecule has 0 aliphatic heterocycles.